The molecule has 1 aliphatic rings. The number of hydrogen-bond acceptors (Lipinski definition) is 3. The second kappa shape index (κ2) is 7.18. The van der Waals surface area contributed by atoms with Crippen molar-refractivity contribution in [3.63, 3.8) is 0 Å². The van der Waals surface area contributed by atoms with Gasteiger partial charge < -0.3 is 4.90 Å². The Labute approximate surface area is 140 Å². The molecule has 0 saturated heterocycles. The van der Waals surface area contributed by atoms with Gasteiger partial charge in [0, 0.05) is 12.7 Å². The minimum absolute atomic E-state index is 0. The van der Waals surface area contributed by atoms with Gasteiger partial charge in [-0.15, -0.1) is 21.9 Å². The number of aryl methyl sites for hydroxylation is 1. The van der Waals surface area contributed by atoms with Crippen LogP contribution in [-0.4, -0.2) is 4.90 Å². The highest BCUT2D eigenvalue weighted by Crippen LogP contribution is 2.15. The number of nitroso groups, excluding NO2 is 1. The third-order valence-corrected chi connectivity index (χ3v) is 3.58. The lowest BCUT2D eigenvalue weighted by molar-refractivity contribution is 0.516. The first-order chi connectivity index (χ1) is 10.3. The molecule has 1 heterocycles. The quantitative estimate of drug-likeness (QED) is 0.791. The molecular formula is C18H17BrN2O. The second-order valence-electron chi connectivity index (χ2n) is 5.18. The van der Waals surface area contributed by atoms with Crippen molar-refractivity contribution in [2.75, 3.05) is 0 Å². The summed E-state index contributed by atoms with van der Waals surface area (Å²) in [5.74, 6) is 0. The number of halogens is 1. The fourth-order valence-electron chi connectivity index (χ4n) is 2.44. The summed E-state index contributed by atoms with van der Waals surface area (Å²) in [5.41, 5.74) is 3.24. The first-order valence-electron chi connectivity index (χ1n) is 6.90. The molecule has 0 aromatic heterocycles. The molecule has 0 saturated carbocycles. The fourth-order valence-corrected chi connectivity index (χ4v) is 2.44. The smallest absolute Gasteiger partial charge is 0.0951 e. The lowest BCUT2D eigenvalue weighted by Gasteiger charge is -2.23. The normalized spacial score (nSPS) is 14.4. The predicted molar refractivity (Wildman–Crippen MR) is 95.5 cm³/mol. The van der Waals surface area contributed by atoms with E-state index in [9.17, 15) is 4.91 Å². The van der Waals surface area contributed by atoms with Crippen LogP contribution in [0.15, 0.2) is 65.6 Å². The van der Waals surface area contributed by atoms with E-state index < -0.39 is 0 Å². The van der Waals surface area contributed by atoms with Gasteiger partial charge in [0.15, 0.2) is 0 Å². The summed E-state index contributed by atoms with van der Waals surface area (Å²) in [7, 11) is 0. The van der Waals surface area contributed by atoms with Crippen LogP contribution < -0.4 is 10.4 Å². The van der Waals surface area contributed by atoms with Gasteiger partial charge in [-0.05, 0) is 34.2 Å². The van der Waals surface area contributed by atoms with Gasteiger partial charge in [0.25, 0.3) is 0 Å². The van der Waals surface area contributed by atoms with E-state index in [2.05, 4.69) is 53.5 Å². The molecule has 3 nitrogen and oxygen atoms in total. The third-order valence-electron chi connectivity index (χ3n) is 3.58. The largest absolute Gasteiger partial charge is 0.342 e. The van der Waals surface area contributed by atoms with Crippen LogP contribution in [0.25, 0.3) is 12.3 Å². The van der Waals surface area contributed by atoms with Crippen molar-refractivity contribution >= 4 is 29.3 Å². The summed E-state index contributed by atoms with van der Waals surface area (Å²) >= 11 is 0. The molecule has 0 amide bonds. The predicted octanol–water partition coefficient (Wildman–Crippen LogP) is 3.22. The molecule has 0 unspecified atom stereocenters. The van der Waals surface area contributed by atoms with E-state index in [0.29, 0.717) is 6.54 Å². The van der Waals surface area contributed by atoms with Crippen LogP contribution >= 0.6 is 17.0 Å². The number of allylic oxidation sites excluding steroid dienone is 1. The number of hydrogen-bond donors (Lipinski definition) is 0. The molecule has 0 N–H and O–H groups in total. The molecule has 22 heavy (non-hydrogen) atoms. The molecule has 2 aromatic carbocycles. The Morgan fingerprint density at radius 2 is 1.73 bits per heavy atom. The number of fused-ring (bicyclic) bond motifs is 1. The van der Waals surface area contributed by atoms with E-state index in [4.69, 9.17) is 0 Å². The van der Waals surface area contributed by atoms with Gasteiger partial charge in [0.1, 0.15) is 0 Å². The maximum atomic E-state index is 10.6. The molecule has 3 rings (SSSR count). The van der Waals surface area contributed by atoms with Gasteiger partial charge in [-0.1, -0.05) is 54.1 Å². The highest BCUT2D eigenvalue weighted by molar-refractivity contribution is 8.93. The first kappa shape index (κ1) is 16.2. The van der Waals surface area contributed by atoms with Gasteiger partial charge in [-0.25, -0.2) is 0 Å². The third kappa shape index (κ3) is 3.52. The summed E-state index contributed by atoms with van der Waals surface area (Å²) in [6.45, 7) is 2.79. The Bertz CT molecular complexity index is 810. The molecule has 4 heteroatoms. The van der Waals surface area contributed by atoms with Gasteiger partial charge in [-0.3, -0.25) is 0 Å². The molecule has 112 valence electrons. The van der Waals surface area contributed by atoms with Crippen LogP contribution in [0.1, 0.15) is 11.1 Å². The number of nitrogens with zero attached hydrogens (tertiary/aromatic N) is 2. The summed E-state index contributed by atoms with van der Waals surface area (Å²) < 4.78 is 0. The van der Waals surface area contributed by atoms with Crippen molar-refractivity contribution in [2.45, 2.75) is 13.5 Å². The van der Waals surface area contributed by atoms with Crippen LogP contribution in [0.4, 0.5) is 0 Å². The Morgan fingerprint density at radius 1 is 1.05 bits per heavy atom. The molecule has 0 bridgehead atoms. The van der Waals surface area contributed by atoms with Crippen LogP contribution in [0, 0.1) is 11.8 Å². The number of rotatable bonds is 3. The van der Waals surface area contributed by atoms with Gasteiger partial charge in [0.05, 0.1) is 11.9 Å². The maximum absolute atomic E-state index is 10.6. The highest BCUT2D eigenvalue weighted by atomic mass is 79.9. The van der Waals surface area contributed by atoms with Crippen molar-refractivity contribution in [1.82, 2.24) is 4.90 Å². The van der Waals surface area contributed by atoms with Gasteiger partial charge in [0.2, 0.25) is 0 Å². The summed E-state index contributed by atoms with van der Waals surface area (Å²) in [6, 6.07) is 16.5. The Hall–Kier alpha value is -2.20. The van der Waals surface area contributed by atoms with Crippen molar-refractivity contribution in [3.05, 3.63) is 86.9 Å². The average molecular weight is 357 g/mol. The molecule has 1 aliphatic heterocycles. The van der Waals surface area contributed by atoms with Crippen LogP contribution in [0.5, 0.6) is 0 Å². The number of benzene rings is 2. The maximum Gasteiger partial charge on any atom is 0.0951 e. The van der Waals surface area contributed by atoms with E-state index >= 15 is 0 Å². The summed E-state index contributed by atoms with van der Waals surface area (Å²) in [5, 5.41) is 5.18. The van der Waals surface area contributed by atoms with Crippen LogP contribution in [0.2, 0.25) is 0 Å². The van der Waals surface area contributed by atoms with Gasteiger partial charge >= 0.3 is 0 Å². The van der Waals surface area contributed by atoms with Crippen molar-refractivity contribution in [1.29, 1.82) is 0 Å². The van der Waals surface area contributed by atoms with Crippen molar-refractivity contribution < 1.29 is 0 Å². The SMILES string of the molecule is Br.Cc1ccc(CN2C=c3ccccc3=C/C2=C/N=O)cc1. The van der Waals surface area contributed by atoms with Crippen molar-refractivity contribution in [2.24, 2.45) is 5.18 Å². The van der Waals surface area contributed by atoms with E-state index in [-0.39, 0.29) is 17.0 Å². The Balaban J connectivity index is 0.00000176. The standard InChI is InChI=1S/C18H16N2O.BrH/c1-14-6-8-15(9-7-14)12-20-13-17-5-3-2-4-16(17)10-18(20)11-19-21;/h2-11,13H,12H2,1H3;1H/b18-11-;. The molecular weight excluding hydrogens is 340 g/mol. The molecule has 2 aromatic rings. The molecule has 0 spiro atoms. The monoisotopic (exact) mass is 356 g/mol. The Kier molecular flexibility index (Phi) is 5.28. The molecule has 0 aliphatic carbocycles. The van der Waals surface area contributed by atoms with E-state index in [1.807, 2.05) is 24.3 Å². The summed E-state index contributed by atoms with van der Waals surface area (Å²) in [6.07, 6.45) is 5.41. The minimum Gasteiger partial charge on any atom is -0.342 e. The first-order valence-corrected chi connectivity index (χ1v) is 6.90. The van der Waals surface area contributed by atoms with Crippen LogP contribution in [-0.2, 0) is 6.54 Å². The molecule has 0 radical (unpaired) electrons. The molecule has 0 fully saturated rings. The fraction of sp³-hybridized carbons (Fsp3) is 0.111. The van der Waals surface area contributed by atoms with E-state index in [0.717, 1.165) is 16.1 Å². The lowest BCUT2D eigenvalue weighted by Crippen LogP contribution is -2.33. The summed E-state index contributed by atoms with van der Waals surface area (Å²) in [4.78, 5) is 12.7. The van der Waals surface area contributed by atoms with E-state index in [1.165, 1.54) is 17.3 Å². The zero-order valence-corrected chi connectivity index (χ0v) is 14.0. The zero-order valence-electron chi connectivity index (χ0n) is 12.3. The van der Waals surface area contributed by atoms with Crippen LogP contribution in [0.3, 0.4) is 0 Å². The van der Waals surface area contributed by atoms with Gasteiger partial charge in [-0.2, -0.15) is 0 Å². The van der Waals surface area contributed by atoms with Crippen molar-refractivity contribution in [3.8, 4) is 0 Å². The topological polar surface area (TPSA) is 32.7 Å². The minimum atomic E-state index is 0. The Morgan fingerprint density at radius 3 is 2.41 bits per heavy atom. The average Bonchev–Trinajstić information content (AvgIpc) is 2.50. The lowest BCUT2D eigenvalue weighted by atomic mass is 10.1. The van der Waals surface area contributed by atoms with E-state index in [1.54, 1.807) is 0 Å². The highest BCUT2D eigenvalue weighted by Gasteiger charge is 2.10. The second-order valence-corrected chi connectivity index (χ2v) is 5.18. The molecule has 0 atom stereocenters. The zero-order chi connectivity index (χ0) is 14.7.